The van der Waals surface area contributed by atoms with Gasteiger partial charge in [0.15, 0.2) is 0 Å². The van der Waals surface area contributed by atoms with Crippen LogP contribution in [0.5, 0.6) is 0 Å². The zero-order valence-corrected chi connectivity index (χ0v) is 22.9. The van der Waals surface area contributed by atoms with Gasteiger partial charge in [-0.3, -0.25) is 4.79 Å². The van der Waals surface area contributed by atoms with Crippen molar-refractivity contribution in [2.24, 2.45) is 50.2 Å². The topological polar surface area (TPSA) is 98.0 Å². The summed E-state index contributed by atoms with van der Waals surface area (Å²) in [5.41, 5.74) is -1.29. The molecule has 35 heavy (non-hydrogen) atoms. The summed E-state index contributed by atoms with van der Waals surface area (Å²) in [5, 5.41) is 45.0. The van der Waals surface area contributed by atoms with E-state index in [1.54, 1.807) is 0 Å². The Balaban J connectivity index is 1.67. The molecule has 5 nitrogen and oxygen atoms in total. The minimum Gasteiger partial charge on any atom is -0.481 e. The molecule has 0 saturated heterocycles. The highest BCUT2D eigenvalue weighted by Crippen LogP contribution is 2.75. The number of allylic oxidation sites excluding steroid dienone is 1. The highest BCUT2D eigenvalue weighted by atomic mass is 16.4. The third-order valence-corrected chi connectivity index (χ3v) is 13.2. The molecule has 198 valence electrons. The van der Waals surface area contributed by atoms with E-state index >= 15 is 0 Å². The van der Waals surface area contributed by atoms with Crippen LogP contribution in [0.3, 0.4) is 0 Å². The summed E-state index contributed by atoms with van der Waals surface area (Å²) in [6.45, 7) is 15.7. The van der Waals surface area contributed by atoms with Crippen molar-refractivity contribution in [2.75, 3.05) is 0 Å². The SMILES string of the molecule is CC1(C)CC[C@]2(C(=O)O)[C@H](O)[C@H](O)[C@]3(C)C(=CC[C@@H]4[C@@]5(C)CC[C@H](O)C(C)(C)[C@H]5CC[C@]43C)[C@@H]2C1. The molecular formula is C30H48O5. The van der Waals surface area contributed by atoms with Crippen LogP contribution in [0.2, 0.25) is 0 Å². The van der Waals surface area contributed by atoms with Crippen molar-refractivity contribution < 1.29 is 25.2 Å². The molecule has 4 fully saturated rings. The Kier molecular flexibility index (Phi) is 5.40. The van der Waals surface area contributed by atoms with Crippen molar-refractivity contribution in [2.45, 2.75) is 118 Å². The lowest BCUT2D eigenvalue weighted by Gasteiger charge is -2.72. The molecule has 0 radical (unpaired) electrons. The monoisotopic (exact) mass is 488 g/mol. The highest BCUT2D eigenvalue weighted by molar-refractivity contribution is 5.78. The largest absolute Gasteiger partial charge is 0.481 e. The fraction of sp³-hybridized carbons (Fsp3) is 0.900. The number of carboxylic acid groups (broad SMARTS) is 1. The Morgan fingerprint density at radius 1 is 0.857 bits per heavy atom. The fourth-order valence-corrected chi connectivity index (χ4v) is 10.8. The molecule has 0 amide bonds. The average molecular weight is 489 g/mol. The molecule has 0 aromatic heterocycles. The van der Waals surface area contributed by atoms with E-state index in [0.29, 0.717) is 18.3 Å². The molecule has 0 spiro atoms. The molecule has 0 bridgehead atoms. The Morgan fingerprint density at radius 2 is 1.51 bits per heavy atom. The van der Waals surface area contributed by atoms with E-state index in [4.69, 9.17) is 0 Å². The highest BCUT2D eigenvalue weighted by Gasteiger charge is 2.74. The first-order valence-electron chi connectivity index (χ1n) is 14.0. The second kappa shape index (κ2) is 7.35. The molecule has 5 rings (SSSR count). The second-order valence-corrected chi connectivity index (χ2v) is 15.2. The molecule has 10 atom stereocenters. The number of aliphatic carboxylic acids is 1. The summed E-state index contributed by atoms with van der Waals surface area (Å²) >= 11 is 0. The fourth-order valence-electron chi connectivity index (χ4n) is 10.8. The number of carboxylic acids is 1. The van der Waals surface area contributed by atoms with Gasteiger partial charge >= 0.3 is 5.97 Å². The van der Waals surface area contributed by atoms with E-state index < -0.39 is 29.0 Å². The van der Waals surface area contributed by atoms with E-state index in [1.807, 2.05) is 0 Å². The Hall–Kier alpha value is -0.910. The van der Waals surface area contributed by atoms with Gasteiger partial charge in [0.2, 0.25) is 0 Å². The number of rotatable bonds is 1. The van der Waals surface area contributed by atoms with E-state index in [0.717, 1.165) is 50.5 Å². The molecule has 5 aliphatic rings. The van der Waals surface area contributed by atoms with Crippen LogP contribution in [0.15, 0.2) is 11.6 Å². The third-order valence-electron chi connectivity index (χ3n) is 13.2. The number of fused-ring (bicyclic) bond motifs is 7. The van der Waals surface area contributed by atoms with Crippen LogP contribution in [0, 0.1) is 50.2 Å². The van der Waals surface area contributed by atoms with E-state index in [9.17, 15) is 25.2 Å². The van der Waals surface area contributed by atoms with Crippen LogP contribution < -0.4 is 0 Å². The first-order chi connectivity index (χ1) is 16.0. The molecule has 5 heteroatoms. The molecule has 0 aromatic carbocycles. The Morgan fingerprint density at radius 3 is 2.14 bits per heavy atom. The smallest absolute Gasteiger partial charge is 0.313 e. The van der Waals surface area contributed by atoms with Crippen LogP contribution in [0.1, 0.15) is 99.8 Å². The van der Waals surface area contributed by atoms with Crippen molar-refractivity contribution >= 4 is 5.97 Å². The van der Waals surface area contributed by atoms with Gasteiger partial charge in [-0.15, -0.1) is 0 Å². The lowest BCUT2D eigenvalue weighted by Crippen LogP contribution is -2.72. The van der Waals surface area contributed by atoms with Crippen LogP contribution in [-0.4, -0.2) is 44.7 Å². The van der Waals surface area contributed by atoms with Crippen molar-refractivity contribution in [1.82, 2.24) is 0 Å². The maximum atomic E-state index is 12.8. The normalized spacial score (nSPS) is 54.4. The summed E-state index contributed by atoms with van der Waals surface area (Å²) in [7, 11) is 0. The zero-order valence-electron chi connectivity index (χ0n) is 22.9. The number of aliphatic hydroxyl groups excluding tert-OH is 3. The molecule has 4 N–H and O–H groups in total. The van der Waals surface area contributed by atoms with E-state index in [2.05, 4.69) is 54.5 Å². The van der Waals surface area contributed by atoms with Gasteiger partial charge in [-0.25, -0.2) is 0 Å². The second-order valence-electron chi connectivity index (χ2n) is 15.2. The lowest BCUT2D eigenvalue weighted by atomic mass is 9.32. The molecule has 0 unspecified atom stereocenters. The summed E-state index contributed by atoms with van der Waals surface area (Å²) < 4.78 is 0. The molecule has 0 heterocycles. The number of aliphatic hydroxyl groups is 3. The zero-order chi connectivity index (χ0) is 26.0. The quantitative estimate of drug-likeness (QED) is 0.382. The van der Waals surface area contributed by atoms with Crippen molar-refractivity contribution in [3.8, 4) is 0 Å². The molecular weight excluding hydrogens is 440 g/mol. The van der Waals surface area contributed by atoms with Crippen LogP contribution in [0.4, 0.5) is 0 Å². The summed E-state index contributed by atoms with van der Waals surface area (Å²) in [4.78, 5) is 12.8. The van der Waals surface area contributed by atoms with Crippen molar-refractivity contribution in [3.63, 3.8) is 0 Å². The van der Waals surface area contributed by atoms with Gasteiger partial charge < -0.3 is 20.4 Å². The third kappa shape index (κ3) is 2.90. The van der Waals surface area contributed by atoms with Gasteiger partial charge in [-0.2, -0.15) is 0 Å². The van der Waals surface area contributed by atoms with E-state index in [-0.39, 0.29) is 33.7 Å². The van der Waals surface area contributed by atoms with Gasteiger partial charge in [0.1, 0.15) is 5.41 Å². The summed E-state index contributed by atoms with van der Waals surface area (Å²) in [5.74, 6) is -0.517. The van der Waals surface area contributed by atoms with E-state index in [1.165, 1.54) is 0 Å². The van der Waals surface area contributed by atoms with Gasteiger partial charge in [0, 0.05) is 5.41 Å². The predicted octanol–water partition coefficient (Wildman–Crippen LogP) is 5.18. The lowest BCUT2D eigenvalue weighted by molar-refractivity contribution is -0.251. The van der Waals surface area contributed by atoms with Gasteiger partial charge in [-0.1, -0.05) is 60.1 Å². The molecule has 0 aliphatic heterocycles. The molecule has 0 aromatic rings. The molecule has 5 aliphatic carbocycles. The Bertz CT molecular complexity index is 952. The predicted molar refractivity (Wildman–Crippen MR) is 135 cm³/mol. The minimum atomic E-state index is -1.32. The maximum absolute atomic E-state index is 12.8. The molecule has 4 saturated carbocycles. The number of hydrogen-bond acceptors (Lipinski definition) is 4. The van der Waals surface area contributed by atoms with Crippen molar-refractivity contribution in [1.29, 1.82) is 0 Å². The minimum absolute atomic E-state index is 0.00168. The van der Waals surface area contributed by atoms with Crippen LogP contribution >= 0.6 is 0 Å². The van der Waals surface area contributed by atoms with Crippen LogP contribution in [-0.2, 0) is 4.79 Å². The summed E-state index contributed by atoms with van der Waals surface area (Å²) in [6, 6.07) is 0. The van der Waals surface area contributed by atoms with Gasteiger partial charge in [0.05, 0.1) is 18.3 Å². The standard InChI is InChI=1S/C30H48O5/c1-25(2)14-15-30(24(34)35)18(16-25)17-8-9-20-27(5)12-11-21(31)26(3,4)19(27)10-13-28(20,6)29(17,7)22(32)23(30)33/h8,18-23,31-33H,9-16H2,1-7H3,(H,34,35)/t18-,19+,20+,21-,22-,23+,27-,28+,29-,30+/m0/s1. The van der Waals surface area contributed by atoms with Crippen molar-refractivity contribution in [3.05, 3.63) is 11.6 Å². The first kappa shape index (κ1) is 25.7. The number of carbonyl (C=O) groups is 1. The Labute approximate surface area is 211 Å². The maximum Gasteiger partial charge on any atom is 0.313 e. The average Bonchev–Trinajstić information content (AvgIpc) is 2.75. The van der Waals surface area contributed by atoms with Gasteiger partial charge in [0.25, 0.3) is 0 Å². The van der Waals surface area contributed by atoms with Crippen LogP contribution in [0.25, 0.3) is 0 Å². The first-order valence-corrected chi connectivity index (χ1v) is 14.0. The summed E-state index contributed by atoms with van der Waals surface area (Å²) in [6.07, 6.45) is 6.03. The van der Waals surface area contributed by atoms with Gasteiger partial charge in [-0.05, 0) is 90.8 Å². The number of hydrogen-bond donors (Lipinski definition) is 4.